The van der Waals surface area contributed by atoms with Crippen LogP contribution < -0.4 is 11.1 Å². The van der Waals surface area contributed by atoms with Crippen LogP contribution in [-0.2, 0) is 4.79 Å². The molecule has 0 spiro atoms. The summed E-state index contributed by atoms with van der Waals surface area (Å²) in [5, 5.41) is 3.05. The minimum absolute atomic E-state index is 0.0427. The molecule has 1 amide bonds. The SMILES string of the molecule is CC(NC(=O)CN1CCC(C)C(N)C1)c1ccccc1. The van der Waals surface area contributed by atoms with Crippen LogP contribution in [-0.4, -0.2) is 36.5 Å². The average Bonchev–Trinajstić information content (AvgIpc) is 2.44. The second kappa shape index (κ2) is 6.86. The Morgan fingerprint density at radius 3 is 2.80 bits per heavy atom. The Morgan fingerprint density at radius 2 is 2.15 bits per heavy atom. The molecule has 20 heavy (non-hydrogen) atoms. The van der Waals surface area contributed by atoms with Gasteiger partial charge in [-0.3, -0.25) is 9.69 Å². The summed E-state index contributed by atoms with van der Waals surface area (Å²) in [4.78, 5) is 14.2. The van der Waals surface area contributed by atoms with Crippen LogP contribution in [0.15, 0.2) is 30.3 Å². The third kappa shape index (κ3) is 4.05. The molecule has 0 aromatic heterocycles. The van der Waals surface area contributed by atoms with E-state index in [4.69, 9.17) is 5.73 Å². The number of hydrogen-bond acceptors (Lipinski definition) is 3. The highest BCUT2D eigenvalue weighted by Gasteiger charge is 2.24. The van der Waals surface area contributed by atoms with Crippen LogP contribution in [0.5, 0.6) is 0 Å². The molecule has 0 saturated carbocycles. The summed E-state index contributed by atoms with van der Waals surface area (Å²) in [5.41, 5.74) is 7.19. The van der Waals surface area contributed by atoms with Crippen LogP contribution in [0.2, 0.25) is 0 Å². The molecule has 2 rings (SSSR count). The van der Waals surface area contributed by atoms with Gasteiger partial charge in [0.2, 0.25) is 5.91 Å². The predicted molar refractivity (Wildman–Crippen MR) is 81.2 cm³/mol. The van der Waals surface area contributed by atoms with Crippen molar-refractivity contribution in [3.8, 4) is 0 Å². The van der Waals surface area contributed by atoms with E-state index in [-0.39, 0.29) is 18.0 Å². The molecule has 3 N–H and O–H groups in total. The van der Waals surface area contributed by atoms with E-state index >= 15 is 0 Å². The van der Waals surface area contributed by atoms with Crippen LogP contribution in [0.1, 0.15) is 31.9 Å². The molecule has 3 unspecified atom stereocenters. The van der Waals surface area contributed by atoms with Crippen molar-refractivity contribution < 1.29 is 4.79 Å². The third-order valence-corrected chi connectivity index (χ3v) is 4.14. The van der Waals surface area contributed by atoms with E-state index in [1.54, 1.807) is 0 Å². The van der Waals surface area contributed by atoms with Gasteiger partial charge >= 0.3 is 0 Å². The van der Waals surface area contributed by atoms with Gasteiger partial charge in [0.15, 0.2) is 0 Å². The Hall–Kier alpha value is -1.39. The van der Waals surface area contributed by atoms with Crippen molar-refractivity contribution in [1.29, 1.82) is 0 Å². The van der Waals surface area contributed by atoms with Gasteiger partial charge in [0.1, 0.15) is 0 Å². The Kier molecular flexibility index (Phi) is 5.15. The fourth-order valence-corrected chi connectivity index (χ4v) is 2.63. The van der Waals surface area contributed by atoms with Gasteiger partial charge in [-0.2, -0.15) is 0 Å². The second-order valence-corrected chi connectivity index (χ2v) is 5.86. The summed E-state index contributed by atoms with van der Waals surface area (Å²) in [6, 6.07) is 10.2. The molecule has 0 bridgehead atoms. The lowest BCUT2D eigenvalue weighted by Gasteiger charge is -2.34. The number of nitrogens with zero attached hydrogens (tertiary/aromatic N) is 1. The van der Waals surface area contributed by atoms with Gasteiger partial charge in [-0.1, -0.05) is 37.3 Å². The fraction of sp³-hybridized carbons (Fsp3) is 0.562. The van der Waals surface area contributed by atoms with Crippen molar-refractivity contribution in [3.63, 3.8) is 0 Å². The summed E-state index contributed by atoms with van der Waals surface area (Å²) in [6.07, 6.45) is 1.07. The van der Waals surface area contributed by atoms with E-state index in [0.717, 1.165) is 25.1 Å². The smallest absolute Gasteiger partial charge is 0.234 e. The molecule has 1 saturated heterocycles. The van der Waals surface area contributed by atoms with E-state index in [1.807, 2.05) is 37.3 Å². The molecule has 110 valence electrons. The van der Waals surface area contributed by atoms with Crippen molar-refractivity contribution in [2.24, 2.45) is 11.7 Å². The average molecular weight is 275 g/mol. The number of nitrogens with one attached hydrogen (secondary N) is 1. The molecule has 0 radical (unpaired) electrons. The number of amides is 1. The number of likely N-dealkylation sites (tertiary alicyclic amines) is 1. The number of piperidine rings is 1. The normalized spacial score (nSPS) is 25.1. The molecule has 1 aliphatic rings. The standard InChI is InChI=1S/C16H25N3O/c1-12-8-9-19(10-15(12)17)11-16(20)18-13(2)14-6-4-3-5-7-14/h3-7,12-13,15H,8-11,17H2,1-2H3,(H,18,20). The summed E-state index contributed by atoms with van der Waals surface area (Å²) in [7, 11) is 0. The maximum absolute atomic E-state index is 12.1. The maximum Gasteiger partial charge on any atom is 0.234 e. The summed E-state index contributed by atoms with van der Waals surface area (Å²) >= 11 is 0. The first-order chi connectivity index (χ1) is 9.56. The summed E-state index contributed by atoms with van der Waals surface area (Å²) < 4.78 is 0. The summed E-state index contributed by atoms with van der Waals surface area (Å²) in [5.74, 6) is 0.626. The number of rotatable bonds is 4. The van der Waals surface area contributed by atoms with Crippen LogP contribution in [0, 0.1) is 5.92 Å². The van der Waals surface area contributed by atoms with Crippen LogP contribution in [0.4, 0.5) is 0 Å². The zero-order valence-corrected chi connectivity index (χ0v) is 12.4. The van der Waals surface area contributed by atoms with E-state index in [0.29, 0.717) is 12.5 Å². The lowest BCUT2D eigenvalue weighted by Crippen LogP contribution is -2.50. The van der Waals surface area contributed by atoms with Crippen LogP contribution in [0.25, 0.3) is 0 Å². The van der Waals surface area contributed by atoms with Gasteiger partial charge in [-0.25, -0.2) is 0 Å². The van der Waals surface area contributed by atoms with Crippen molar-refractivity contribution in [3.05, 3.63) is 35.9 Å². The van der Waals surface area contributed by atoms with E-state index in [2.05, 4.69) is 17.1 Å². The molecule has 1 aliphatic heterocycles. The first-order valence-corrected chi connectivity index (χ1v) is 7.38. The van der Waals surface area contributed by atoms with Gasteiger partial charge < -0.3 is 11.1 Å². The monoisotopic (exact) mass is 275 g/mol. The molecule has 4 nitrogen and oxygen atoms in total. The minimum atomic E-state index is 0.0427. The molecule has 1 aromatic rings. The highest BCUT2D eigenvalue weighted by molar-refractivity contribution is 5.78. The maximum atomic E-state index is 12.1. The Bertz CT molecular complexity index is 435. The van der Waals surface area contributed by atoms with Crippen molar-refractivity contribution in [2.75, 3.05) is 19.6 Å². The van der Waals surface area contributed by atoms with Gasteiger partial charge in [0, 0.05) is 12.6 Å². The van der Waals surface area contributed by atoms with Gasteiger partial charge in [-0.05, 0) is 31.4 Å². The molecule has 1 fully saturated rings. The van der Waals surface area contributed by atoms with Crippen molar-refractivity contribution >= 4 is 5.91 Å². The van der Waals surface area contributed by atoms with Crippen molar-refractivity contribution in [2.45, 2.75) is 32.4 Å². The number of nitrogens with two attached hydrogens (primary N) is 1. The predicted octanol–water partition coefficient (Wildman–Crippen LogP) is 1.53. The zero-order valence-electron chi connectivity index (χ0n) is 12.4. The lowest BCUT2D eigenvalue weighted by molar-refractivity contribution is -0.123. The Balaban J connectivity index is 1.81. The second-order valence-electron chi connectivity index (χ2n) is 5.86. The number of carbonyl (C=O) groups excluding carboxylic acids is 1. The van der Waals surface area contributed by atoms with Crippen LogP contribution in [0.3, 0.4) is 0 Å². The largest absolute Gasteiger partial charge is 0.348 e. The first-order valence-electron chi connectivity index (χ1n) is 7.38. The molecule has 0 aliphatic carbocycles. The molecule has 3 atom stereocenters. The quantitative estimate of drug-likeness (QED) is 0.876. The van der Waals surface area contributed by atoms with E-state index in [1.165, 1.54) is 0 Å². The summed E-state index contributed by atoms with van der Waals surface area (Å²) in [6.45, 7) is 6.41. The van der Waals surface area contributed by atoms with E-state index in [9.17, 15) is 4.79 Å². The highest BCUT2D eigenvalue weighted by atomic mass is 16.2. The molecule has 1 aromatic carbocycles. The number of hydrogen-bond donors (Lipinski definition) is 2. The zero-order chi connectivity index (χ0) is 14.5. The number of benzene rings is 1. The van der Waals surface area contributed by atoms with Gasteiger partial charge in [-0.15, -0.1) is 0 Å². The lowest BCUT2D eigenvalue weighted by atomic mass is 9.94. The molecular formula is C16H25N3O. The molecule has 1 heterocycles. The van der Waals surface area contributed by atoms with Gasteiger partial charge in [0.05, 0.1) is 12.6 Å². The fourth-order valence-electron chi connectivity index (χ4n) is 2.63. The van der Waals surface area contributed by atoms with E-state index < -0.39 is 0 Å². The number of carbonyl (C=O) groups is 1. The van der Waals surface area contributed by atoms with Crippen LogP contribution >= 0.6 is 0 Å². The molecule has 4 heteroatoms. The Morgan fingerprint density at radius 1 is 1.45 bits per heavy atom. The topological polar surface area (TPSA) is 58.4 Å². The Labute approximate surface area is 121 Å². The highest BCUT2D eigenvalue weighted by Crippen LogP contribution is 2.15. The minimum Gasteiger partial charge on any atom is -0.348 e. The molecular weight excluding hydrogens is 250 g/mol. The third-order valence-electron chi connectivity index (χ3n) is 4.14. The van der Waals surface area contributed by atoms with Gasteiger partial charge in [0.25, 0.3) is 0 Å². The first kappa shape index (κ1) is 15.0. The van der Waals surface area contributed by atoms with Crippen molar-refractivity contribution in [1.82, 2.24) is 10.2 Å².